The molecule has 0 radical (unpaired) electrons. The number of nitrogens with zero attached hydrogens (tertiary/aromatic N) is 4. The van der Waals surface area contributed by atoms with Crippen LogP contribution in [0.1, 0.15) is 36.9 Å². The quantitative estimate of drug-likeness (QED) is 0.135. The first kappa shape index (κ1) is 27.1. The number of fused-ring (bicyclic) bond motifs is 1. The van der Waals surface area contributed by atoms with Gasteiger partial charge in [0.15, 0.2) is 0 Å². The van der Waals surface area contributed by atoms with E-state index in [1.165, 1.54) is 5.56 Å². The summed E-state index contributed by atoms with van der Waals surface area (Å²) in [6, 6.07) is 3.39. The predicted molar refractivity (Wildman–Crippen MR) is 133 cm³/mol. The minimum absolute atomic E-state index is 0.00720. The van der Waals surface area contributed by atoms with Crippen LogP contribution in [0.15, 0.2) is 29.2 Å². The molecule has 11 nitrogen and oxygen atoms in total. The molecular formula is C23H38N8O3. The lowest BCUT2D eigenvalue weighted by atomic mass is 10.1. The normalized spacial score (nSPS) is 14.5. The molecule has 1 aromatic heterocycles. The highest BCUT2D eigenvalue weighted by molar-refractivity contribution is 5.79. The number of likely N-dealkylation sites (N-methyl/N-ethyl adjacent to an activating group) is 1. The van der Waals surface area contributed by atoms with Gasteiger partial charge in [0.2, 0.25) is 5.91 Å². The third-order valence-electron chi connectivity index (χ3n) is 5.56. The van der Waals surface area contributed by atoms with Gasteiger partial charge >= 0.3 is 5.97 Å². The summed E-state index contributed by atoms with van der Waals surface area (Å²) in [5.41, 5.74) is 19.1. The fourth-order valence-corrected chi connectivity index (χ4v) is 3.44. The molecule has 1 aliphatic rings. The number of carbonyl (C=O) groups excluding carboxylic acids is 2. The molecule has 7 N–H and O–H groups in total. The number of amides is 1. The second-order valence-corrected chi connectivity index (χ2v) is 8.57. The lowest BCUT2D eigenvalue weighted by Gasteiger charge is -2.24. The van der Waals surface area contributed by atoms with Crippen LogP contribution in [0.3, 0.4) is 0 Å². The number of anilines is 1. The first-order valence-electron chi connectivity index (χ1n) is 11.6. The number of oxime groups is 1. The number of aromatic nitrogens is 1. The topological polar surface area (TPSA) is 165 Å². The highest BCUT2D eigenvalue weighted by Crippen LogP contribution is 2.20. The zero-order chi connectivity index (χ0) is 24.9. The molecule has 0 fully saturated rings. The van der Waals surface area contributed by atoms with Gasteiger partial charge in [0.1, 0.15) is 11.9 Å². The Balaban J connectivity index is 1.81. The molecule has 0 saturated carbocycles. The Labute approximate surface area is 201 Å². The van der Waals surface area contributed by atoms with Crippen LogP contribution < -0.4 is 22.5 Å². The third kappa shape index (κ3) is 9.36. The number of nitrogens with two attached hydrogens (primary N) is 3. The van der Waals surface area contributed by atoms with E-state index < -0.39 is 12.0 Å². The summed E-state index contributed by atoms with van der Waals surface area (Å²) in [6.45, 7) is 2.41. The van der Waals surface area contributed by atoms with Crippen molar-refractivity contribution in [2.75, 3.05) is 45.6 Å². The second-order valence-electron chi connectivity index (χ2n) is 8.57. The lowest BCUT2D eigenvalue weighted by molar-refractivity contribution is -0.145. The van der Waals surface area contributed by atoms with Crippen molar-refractivity contribution in [3.63, 3.8) is 0 Å². The number of pyridine rings is 1. The van der Waals surface area contributed by atoms with Crippen LogP contribution in [-0.2, 0) is 27.3 Å². The molecular weight excluding hydrogens is 436 g/mol. The van der Waals surface area contributed by atoms with Crippen LogP contribution in [0.2, 0.25) is 0 Å². The zero-order valence-electron chi connectivity index (χ0n) is 20.2. The predicted octanol–water partition coefficient (Wildman–Crippen LogP) is 0.158. The number of hydrogen-bond acceptors (Lipinski definition) is 10. The maximum Gasteiger partial charge on any atom is 0.351 e. The van der Waals surface area contributed by atoms with E-state index in [4.69, 9.17) is 27.0 Å². The largest absolute Gasteiger partial charge is 0.403 e. The van der Waals surface area contributed by atoms with Crippen LogP contribution >= 0.6 is 0 Å². The summed E-state index contributed by atoms with van der Waals surface area (Å²) >= 11 is 0. The summed E-state index contributed by atoms with van der Waals surface area (Å²) < 4.78 is 0. The number of nitrogens with one attached hydrogen (secondary N) is 1. The molecule has 0 saturated heterocycles. The summed E-state index contributed by atoms with van der Waals surface area (Å²) in [5.74, 6) is 0.327. The van der Waals surface area contributed by atoms with E-state index >= 15 is 0 Å². The van der Waals surface area contributed by atoms with Crippen molar-refractivity contribution in [1.29, 1.82) is 0 Å². The molecule has 0 unspecified atom stereocenters. The Hall–Kier alpha value is -3.18. The van der Waals surface area contributed by atoms with Crippen molar-refractivity contribution in [1.82, 2.24) is 14.8 Å². The Morgan fingerprint density at radius 2 is 2.09 bits per heavy atom. The summed E-state index contributed by atoms with van der Waals surface area (Å²) in [4.78, 5) is 37.3. The first-order chi connectivity index (χ1) is 16.3. The van der Waals surface area contributed by atoms with E-state index in [2.05, 4.69) is 22.6 Å². The molecule has 0 aromatic carbocycles. The van der Waals surface area contributed by atoms with E-state index in [9.17, 15) is 9.59 Å². The lowest BCUT2D eigenvalue weighted by Crippen LogP contribution is -2.41. The zero-order valence-corrected chi connectivity index (χ0v) is 20.2. The minimum Gasteiger partial charge on any atom is -0.403 e. The van der Waals surface area contributed by atoms with E-state index in [0.717, 1.165) is 62.6 Å². The number of hydrogen-bond donors (Lipinski definition) is 4. The van der Waals surface area contributed by atoms with Gasteiger partial charge in [-0.3, -0.25) is 9.69 Å². The maximum absolute atomic E-state index is 12.3. The highest BCUT2D eigenvalue weighted by Gasteiger charge is 2.19. The summed E-state index contributed by atoms with van der Waals surface area (Å²) in [5, 5.41) is 6.83. The van der Waals surface area contributed by atoms with Gasteiger partial charge in [-0.25, -0.2) is 9.78 Å². The molecule has 1 aliphatic heterocycles. The molecule has 34 heavy (non-hydrogen) atoms. The Morgan fingerprint density at radius 1 is 1.29 bits per heavy atom. The fraction of sp³-hybridized carbons (Fsp3) is 0.565. The molecule has 188 valence electrons. The number of rotatable bonds is 13. The van der Waals surface area contributed by atoms with Crippen molar-refractivity contribution in [2.45, 2.75) is 44.6 Å². The molecule has 2 rings (SSSR count). The number of unbranched alkanes of at least 4 members (excludes halogenated alkanes) is 1. The third-order valence-corrected chi connectivity index (χ3v) is 5.56. The van der Waals surface area contributed by atoms with Crippen LogP contribution in [0, 0.1) is 0 Å². The van der Waals surface area contributed by atoms with Crippen LogP contribution in [-0.4, -0.2) is 79.2 Å². The average molecular weight is 475 g/mol. The number of aryl methyl sites for hydroxylation is 2. The fourth-order valence-electron chi connectivity index (χ4n) is 3.44. The summed E-state index contributed by atoms with van der Waals surface area (Å²) in [7, 11) is 3.44. The summed E-state index contributed by atoms with van der Waals surface area (Å²) in [6.07, 6.45) is 7.51. The van der Waals surface area contributed by atoms with Gasteiger partial charge in [-0.05, 0) is 56.7 Å². The monoisotopic (exact) mass is 474 g/mol. The minimum atomic E-state index is -0.871. The Morgan fingerprint density at radius 3 is 2.82 bits per heavy atom. The van der Waals surface area contributed by atoms with E-state index in [0.29, 0.717) is 19.5 Å². The van der Waals surface area contributed by atoms with Crippen molar-refractivity contribution in [3.05, 3.63) is 35.3 Å². The second kappa shape index (κ2) is 14.2. The van der Waals surface area contributed by atoms with Gasteiger partial charge < -0.3 is 32.3 Å². The maximum atomic E-state index is 12.3. The van der Waals surface area contributed by atoms with E-state index in [1.54, 1.807) is 19.0 Å². The van der Waals surface area contributed by atoms with Crippen LogP contribution in [0.5, 0.6) is 0 Å². The molecule has 2 heterocycles. The smallest absolute Gasteiger partial charge is 0.351 e. The molecule has 0 aliphatic carbocycles. The molecule has 1 amide bonds. The van der Waals surface area contributed by atoms with Crippen molar-refractivity contribution >= 4 is 23.9 Å². The molecule has 1 atom stereocenters. The first-order valence-corrected chi connectivity index (χ1v) is 11.6. The van der Waals surface area contributed by atoms with Crippen molar-refractivity contribution < 1.29 is 14.4 Å². The standard InChI is InChI=1S/C23H38N8O3/c1-30(2)21(32)16-31(13-10-20(26)23(33)34-28-15-18(25)14-24)12-4-3-7-19-9-8-17-6-5-11-27-22(17)29-19/h8-9,14-15,20H,3-7,10-13,16,24-26H2,1-2H3,(H,27,29)/b18-14+,28-15+/t20-/m0/s1. The molecule has 1 aromatic rings. The Bertz CT molecular complexity index is 872. The van der Waals surface area contributed by atoms with Gasteiger partial charge in [0.25, 0.3) is 0 Å². The molecule has 0 bridgehead atoms. The van der Waals surface area contributed by atoms with Gasteiger partial charge in [0, 0.05) is 39.1 Å². The van der Waals surface area contributed by atoms with Crippen LogP contribution in [0.4, 0.5) is 5.82 Å². The molecule has 11 heteroatoms. The van der Waals surface area contributed by atoms with Crippen molar-refractivity contribution in [3.8, 4) is 0 Å². The highest BCUT2D eigenvalue weighted by atomic mass is 16.7. The van der Waals surface area contributed by atoms with Gasteiger partial charge in [-0.2, -0.15) is 0 Å². The van der Waals surface area contributed by atoms with Gasteiger partial charge in [0.05, 0.1) is 18.5 Å². The van der Waals surface area contributed by atoms with E-state index in [-0.39, 0.29) is 18.1 Å². The SMILES string of the molecule is CN(C)C(=O)CN(CCCCc1ccc2c(n1)NCCC2)CC[C@H](N)C(=O)O/N=C/C(N)=C\N. The van der Waals surface area contributed by atoms with Gasteiger partial charge in [-0.15, -0.1) is 0 Å². The molecule has 0 spiro atoms. The number of carbonyl (C=O) groups is 2. The average Bonchev–Trinajstić information content (AvgIpc) is 2.84. The Kier molecular flexibility index (Phi) is 11.3. The number of allylic oxidation sites excluding steroid dienone is 1. The van der Waals surface area contributed by atoms with Crippen molar-refractivity contribution in [2.24, 2.45) is 22.4 Å². The van der Waals surface area contributed by atoms with Crippen LogP contribution in [0.25, 0.3) is 0 Å². The van der Waals surface area contributed by atoms with Gasteiger partial charge in [-0.1, -0.05) is 11.2 Å². The van der Waals surface area contributed by atoms with E-state index in [1.807, 2.05) is 4.90 Å².